The summed E-state index contributed by atoms with van der Waals surface area (Å²) in [5, 5.41) is 3.38. The van der Waals surface area contributed by atoms with E-state index in [9.17, 15) is 13.2 Å². The van der Waals surface area contributed by atoms with E-state index in [2.05, 4.69) is 22.4 Å². The van der Waals surface area contributed by atoms with Gasteiger partial charge in [-0.15, -0.1) is 0 Å². The molecule has 168 valence electrons. The molecule has 0 spiro atoms. The lowest BCUT2D eigenvalue weighted by Gasteiger charge is -2.38. The molecule has 1 aliphatic heterocycles. The maximum Gasteiger partial charge on any atom is 0.416 e. The summed E-state index contributed by atoms with van der Waals surface area (Å²) in [7, 11) is 0. The molecular weight excluding hydrogens is 413 g/mol. The lowest BCUT2D eigenvalue weighted by Crippen LogP contribution is -2.43. The van der Waals surface area contributed by atoms with E-state index in [1.807, 2.05) is 37.3 Å². The van der Waals surface area contributed by atoms with Crippen LogP contribution in [0.25, 0.3) is 11.3 Å². The van der Waals surface area contributed by atoms with Gasteiger partial charge in [0.05, 0.1) is 30.2 Å². The lowest BCUT2D eigenvalue weighted by molar-refractivity contribution is -0.137. The van der Waals surface area contributed by atoms with Gasteiger partial charge >= 0.3 is 6.18 Å². The Morgan fingerprint density at radius 3 is 2.31 bits per heavy atom. The standard InChI is InChI=1S/C26H27F3N2O/c1-19-7-9-20(10-8-19)24-16-22(26(27,28)29)15-23(31-24)17-32-18-25(11-13-30-14-12-25)21-5-3-2-4-6-21/h2-10,15-16,30H,11-14,17-18H2,1H3. The van der Waals surface area contributed by atoms with Gasteiger partial charge in [-0.05, 0) is 50.6 Å². The van der Waals surface area contributed by atoms with Crippen molar-refractivity contribution in [2.24, 2.45) is 0 Å². The number of pyridine rings is 1. The normalized spacial score (nSPS) is 16.1. The SMILES string of the molecule is Cc1ccc(-c2cc(C(F)(F)F)cc(COCC3(c4ccccc4)CCNCC3)n2)cc1. The second kappa shape index (κ2) is 9.43. The van der Waals surface area contributed by atoms with Gasteiger partial charge in [0.25, 0.3) is 0 Å². The Morgan fingerprint density at radius 2 is 1.66 bits per heavy atom. The highest BCUT2D eigenvalue weighted by atomic mass is 19.4. The van der Waals surface area contributed by atoms with Crippen LogP contribution in [0.4, 0.5) is 13.2 Å². The van der Waals surface area contributed by atoms with Gasteiger partial charge in [0.15, 0.2) is 0 Å². The Kier molecular flexibility index (Phi) is 6.63. The highest BCUT2D eigenvalue weighted by Gasteiger charge is 2.35. The highest BCUT2D eigenvalue weighted by Crippen LogP contribution is 2.35. The molecule has 3 aromatic rings. The second-order valence-corrected chi connectivity index (χ2v) is 8.49. The zero-order chi connectivity index (χ0) is 22.6. The molecular formula is C26H27F3N2O. The van der Waals surface area contributed by atoms with Crippen LogP contribution in [0.1, 0.15) is 35.2 Å². The van der Waals surface area contributed by atoms with Crippen LogP contribution in [-0.2, 0) is 22.9 Å². The van der Waals surface area contributed by atoms with Gasteiger partial charge in [0.2, 0.25) is 0 Å². The van der Waals surface area contributed by atoms with Gasteiger partial charge in [-0.1, -0.05) is 60.2 Å². The van der Waals surface area contributed by atoms with Gasteiger partial charge < -0.3 is 10.1 Å². The first-order valence-electron chi connectivity index (χ1n) is 10.8. The number of halogens is 3. The molecule has 3 nitrogen and oxygen atoms in total. The van der Waals surface area contributed by atoms with Gasteiger partial charge in [0, 0.05) is 11.0 Å². The fraction of sp³-hybridized carbons (Fsp3) is 0.346. The van der Waals surface area contributed by atoms with Crippen molar-refractivity contribution in [3.63, 3.8) is 0 Å². The lowest BCUT2D eigenvalue weighted by atomic mass is 9.74. The van der Waals surface area contributed by atoms with E-state index in [0.29, 0.717) is 17.9 Å². The number of hydrogen-bond acceptors (Lipinski definition) is 3. The van der Waals surface area contributed by atoms with E-state index >= 15 is 0 Å². The fourth-order valence-electron chi connectivity index (χ4n) is 4.26. The number of rotatable bonds is 6. The molecule has 0 bridgehead atoms. The third-order valence-electron chi connectivity index (χ3n) is 6.13. The molecule has 32 heavy (non-hydrogen) atoms. The van der Waals surface area contributed by atoms with Crippen molar-refractivity contribution in [3.8, 4) is 11.3 Å². The molecule has 1 fully saturated rings. The molecule has 1 aromatic heterocycles. The molecule has 1 saturated heterocycles. The van der Waals surface area contributed by atoms with Crippen LogP contribution in [0, 0.1) is 6.92 Å². The third-order valence-corrected chi connectivity index (χ3v) is 6.13. The predicted octanol–water partition coefficient (Wildman–Crippen LogP) is 5.91. The molecule has 0 unspecified atom stereocenters. The van der Waals surface area contributed by atoms with Crippen molar-refractivity contribution in [1.82, 2.24) is 10.3 Å². The van der Waals surface area contributed by atoms with Crippen molar-refractivity contribution in [3.05, 3.63) is 89.1 Å². The van der Waals surface area contributed by atoms with E-state index < -0.39 is 11.7 Å². The zero-order valence-electron chi connectivity index (χ0n) is 18.1. The number of ether oxygens (including phenoxy) is 1. The quantitative estimate of drug-likeness (QED) is 0.517. The second-order valence-electron chi connectivity index (χ2n) is 8.49. The molecule has 2 heterocycles. The van der Waals surface area contributed by atoms with Crippen molar-refractivity contribution in [2.45, 2.75) is 38.0 Å². The fourth-order valence-corrected chi connectivity index (χ4v) is 4.26. The topological polar surface area (TPSA) is 34.1 Å². The minimum Gasteiger partial charge on any atom is -0.374 e. The van der Waals surface area contributed by atoms with E-state index in [1.54, 1.807) is 12.1 Å². The Labute approximate surface area is 186 Å². The molecule has 0 saturated carbocycles. The van der Waals surface area contributed by atoms with Crippen molar-refractivity contribution >= 4 is 0 Å². The monoisotopic (exact) mass is 440 g/mol. The summed E-state index contributed by atoms with van der Waals surface area (Å²) >= 11 is 0. The molecule has 0 aliphatic carbocycles. The minimum atomic E-state index is -4.45. The van der Waals surface area contributed by atoms with Crippen LogP contribution in [0.5, 0.6) is 0 Å². The first-order valence-corrected chi connectivity index (χ1v) is 10.8. The zero-order valence-corrected chi connectivity index (χ0v) is 18.1. The number of alkyl halides is 3. The summed E-state index contributed by atoms with van der Waals surface area (Å²) in [6.45, 7) is 4.18. The number of benzene rings is 2. The van der Waals surface area contributed by atoms with Crippen LogP contribution in [0.15, 0.2) is 66.7 Å². The number of nitrogens with one attached hydrogen (secondary N) is 1. The van der Waals surface area contributed by atoms with Gasteiger partial charge in [-0.2, -0.15) is 13.2 Å². The summed E-state index contributed by atoms with van der Waals surface area (Å²) in [6.07, 6.45) is -2.61. The number of nitrogens with zero attached hydrogens (tertiary/aromatic N) is 1. The molecule has 0 amide bonds. The Morgan fingerprint density at radius 1 is 0.969 bits per heavy atom. The highest BCUT2D eigenvalue weighted by molar-refractivity contribution is 5.60. The predicted molar refractivity (Wildman–Crippen MR) is 119 cm³/mol. The average molecular weight is 441 g/mol. The Balaban J connectivity index is 1.56. The first kappa shape index (κ1) is 22.5. The summed E-state index contributed by atoms with van der Waals surface area (Å²) < 4.78 is 46.7. The third kappa shape index (κ3) is 5.19. The minimum absolute atomic E-state index is 0.0325. The molecule has 6 heteroatoms. The van der Waals surface area contributed by atoms with E-state index in [1.165, 1.54) is 5.56 Å². The van der Waals surface area contributed by atoms with Crippen molar-refractivity contribution in [2.75, 3.05) is 19.7 Å². The summed E-state index contributed by atoms with van der Waals surface area (Å²) in [6, 6.07) is 19.7. The van der Waals surface area contributed by atoms with Crippen LogP contribution >= 0.6 is 0 Å². The van der Waals surface area contributed by atoms with Crippen LogP contribution in [0.3, 0.4) is 0 Å². The van der Waals surface area contributed by atoms with Gasteiger partial charge in [0.1, 0.15) is 0 Å². The van der Waals surface area contributed by atoms with Crippen LogP contribution in [0.2, 0.25) is 0 Å². The number of hydrogen-bond donors (Lipinski definition) is 1. The van der Waals surface area contributed by atoms with Crippen molar-refractivity contribution in [1.29, 1.82) is 0 Å². The van der Waals surface area contributed by atoms with E-state index in [4.69, 9.17) is 4.74 Å². The summed E-state index contributed by atoms with van der Waals surface area (Å²) in [5.41, 5.74) is 2.64. The first-order chi connectivity index (χ1) is 15.4. The maximum absolute atomic E-state index is 13.5. The molecule has 4 rings (SSSR count). The van der Waals surface area contributed by atoms with Gasteiger partial charge in [-0.3, -0.25) is 4.98 Å². The molecule has 2 aromatic carbocycles. The molecule has 1 N–H and O–H groups in total. The smallest absolute Gasteiger partial charge is 0.374 e. The maximum atomic E-state index is 13.5. The summed E-state index contributed by atoms with van der Waals surface area (Å²) in [5.74, 6) is 0. The van der Waals surface area contributed by atoms with Crippen LogP contribution in [-0.4, -0.2) is 24.7 Å². The number of piperidine rings is 1. The average Bonchev–Trinajstić information content (AvgIpc) is 2.80. The van der Waals surface area contributed by atoms with E-state index in [-0.39, 0.29) is 17.7 Å². The summed E-state index contributed by atoms with van der Waals surface area (Å²) in [4.78, 5) is 4.49. The van der Waals surface area contributed by atoms with Crippen LogP contribution < -0.4 is 5.32 Å². The van der Waals surface area contributed by atoms with Gasteiger partial charge in [-0.25, -0.2) is 0 Å². The number of aryl methyl sites for hydroxylation is 1. The Bertz CT molecular complexity index is 1030. The molecule has 0 radical (unpaired) electrons. The largest absolute Gasteiger partial charge is 0.416 e. The van der Waals surface area contributed by atoms with E-state index in [0.717, 1.165) is 43.6 Å². The van der Waals surface area contributed by atoms with Crippen molar-refractivity contribution < 1.29 is 17.9 Å². The Hall–Kier alpha value is -2.70. The molecule has 1 aliphatic rings. The number of aromatic nitrogens is 1. The molecule has 0 atom stereocenters.